The first kappa shape index (κ1) is 25.0. The van der Waals surface area contributed by atoms with Crippen molar-refractivity contribution in [2.75, 3.05) is 24.8 Å². The molecule has 0 bridgehead atoms. The quantitative estimate of drug-likeness (QED) is 0.232. The van der Waals surface area contributed by atoms with E-state index >= 15 is 0 Å². The normalized spacial score (nSPS) is 12.6. The highest BCUT2D eigenvalue weighted by Crippen LogP contribution is 2.38. The number of nitrogens with zero attached hydrogens (tertiary/aromatic N) is 3. The number of thiophene rings is 1. The van der Waals surface area contributed by atoms with Crippen LogP contribution in [0.15, 0.2) is 42.1 Å². The van der Waals surface area contributed by atoms with Crippen molar-refractivity contribution in [3.63, 3.8) is 0 Å². The number of benzene rings is 1. The van der Waals surface area contributed by atoms with Gasteiger partial charge in [0.15, 0.2) is 11.0 Å². The molecule has 2 aromatic heterocycles. The summed E-state index contributed by atoms with van der Waals surface area (Å²) in [6.07, 6.45) is 5.65. The Labute approximate surface area is 212 Å². The van der Waals surface area contributed by atoms with E-state index in [1.165, 1.54) is 23.1 Å². The Balaban J connectivity index is 1.50. The van der Waals surface area contributed by atoms with Gasteiger partial charge in [-0.3, -0.25) is 9.36 Å². The number of aromatic nitrogens is 3. The average molecular weight is 513 g/mol. The Bertz CT molecular complexity index is 1230. The van der Waals surface area contributed by atoms with Crippen molar-refractivity contribution in [2.24, 2.45) is 0 Å². The zero-order chi connectivity index (χ0) is 24.8. The predicted octanol–water partition coefficient (Wildman–Crippen LogP) is 4.99. The molecule has 1 N–H and O–H groups in total. The van der Waals surface area contributed by atoms with Crippen LogP contribution in [0.4, 0.5) is 5.00 Å². The highest BCUT2D eigenvalue weighted by Gasteiger charge is 2.27. The van der Waals surface area contributed by atoms with Crippen LogP contribution < -0.4 is 10.1 Å². The highest BCUT2D eigenvalue weighted by atomic mass is 32.2. The molecule has 1 aromatic carbocycles. The highest BCUT2D eigenvalue weighted by molar-refractivity contribution is 7.99. The van der Waals surface area contributed by atoms with E-state index in [4.69, 9.17) is 9.47 Å². The van der Waals surface area contributed by atoms with E-state index in [-0.39, 0.29) is 17.6 Å². The van der Waals surface area contributed by atoms with Crippen LogP contribution in [0.2, 0.25) is 0 Å². The smallest absolute Gasteiger partial charge is 0.341 e. The summed E-state index contributed by atoms with van der Waals surface area (Å²) in [5.74, 6) is 0.930. The van der Waals surface area contributed by atoms with Crippen LogP contribution in [0.25, 0.3) is 11.4 Å². The van der Waals surface area contributed by atoms with E-state index in [2.05, 4.69) is 22.1 Å². The zero-order valence-electron chi connectivity index (χ0n) is 19.8. The fraction of sp³-hybridized carbons (Fsp3) is 0.360. The third-order valence-electron chi connectivity index (χ3n) is 5.59. The Morgan fingerprint density at radius 2 is 2.11 bits per heavy atom. The molecule has 184 valence electrons. The molecule has 0 spiro atoms. The molecule has 35 heavy (non-hydrogen) atoms. The second kappa shape index (κ2) is 11.5. The fourth-order valence-electron chi connectivity index (χ4n) is 4.03. The number of rotatable bonds is 10. The van der Waals surface area contributed by atoms with Gasteiger partial charge in [0, 0.05) is 17.0 Å². The maximum atomic E-state index is 12.9. The lowest BCUT2D eigenvalue weighted by molar-refractivity contribution is -0.113. The topological polar surface area (TPSA) is 95.3 Å². The molecular weight excluding hydrogens is 484 g/mol. The summed E-state index contributed by atoms with van der Waals surface area (Å²) < 4.78 is 12.5. The largest absolute Gasteiger partial charge is 0.497 e. The van der Waals surface area contributed by atoms with Crippen LogP contribution in [0.5, 0.6) is 5.75 Å². The van der Waals surface area contributed by atoms with Crippen LogP contribution in [0, 0.1) is 0 Å². The number of ether oxygens (including phenoxy) is 2. The number of carbonyl (C=O) groups is 2. The van der Waals surface area contributed by atoms with Gasteiger partial charge in [0.2, 0.25) is 5.91 Å². The van der Waals surface area contributed by atoms with E-state index < -0.39 is 0 Å². The predicted molar refractivity (Wildman–Crippen MR) is 138 cm³/mol. The molecular formula is C25H28N4O4S2. The first-order valence-corrected chi connectivity index (χ1v) is 13.3. The fourth-order valence-corrected chi connectivity index (χ4v) is 6.07. The lowest BCUT2D eigenvalue weighted by Gasteiger charge is -2.12. The molecule has 3 aromatic rings. The Kier molecular flexibility index (Phi) is 8.25. The number of allylic oxidation sites excluding steroid dienone is 1. The number of hydrogen-bond acceptors (Lipinski definition) is 8. The van der Waals surface area contributed by atoms with Crippen molar-refractivity contribution in [2.45, 2.75) is 44.3 Å². The van der Waals surface area contributed by atoms with Crippen LogP contribution in [-0.2, 0) is 28.9 Å². The van der Waals surface area contributed by atoms with Crippen LogP contribution in [-0.4, -0.2) is 46.1 Å². The van der Waals surface area contributed by atoms with Crippen molar-refractivity contribution in [1.82, 2.24) is 14.8 Å². The minimum absolute atomic E-state index is 0.123. The molecule has 0 saturated heterocycles. The molecule has 2 heterocycles. The summed E-state index contributed by atoms with van der Waals surface area (Å²) in [6, 6.07) is 7.58. The second-order valence-corrected chi connectivity index (χ2v) is 9.96. The van der Waals surface area contributed by atoms with Gasteiger partial charge in [0.25, 0.3) is 0 Å². The van der Waals surface area contributed by atoms with Crippen molar-refractivity contribution in [1.29, 1.82) is 0 Å². The van der Waals surface area contributed by atoms with Crippen LogP contribution in [0.3, 0.4) is 0 Å². The van der Waals surface area contributed by atoms with Crippen molar-refractivity contribution >= 4 is 40.0 Å². The number of aryl methyl sites for hydroxylation is 1. The summed E-state index contributed by atoms with van der Waals surface area (Å²) >= 11 is 2.77. The SMILES string of the molecule is C=CCn1c(SCC(=O)Nc2sc3c(c2C(=O)OCC)CCCC3)nnc1-c1cccc(OC)c1. The number of hydrogen-bond donors (Lipinski definition) is 1. The van der Waals surface area contributed by atoms with E-state index in [0.717, 1.165) is 47.4 Å². The monoisotopic (exact) mass is 512 g/mol. The minimum Gasteiger partial charge on any atom is -0.497 e. The van der Waals surface area contributed by atoms with E-state index in [9.17, 15) is 9.59 Å². The molecule has 0 aliphatic heterocycles. The molecule has 8 nitrogen and oxygen atoms in total. The van der Waals surface area contributed by atoms with Gasteiger partial charge >= 0.3 is 5.97 Å². The maximum Gasteiger partial charge on any atom is 0.341 e. The van der Waals surface area contributed by atoms with E-state index in [1.54, 1.807) is 20.1 Å². The van der Waals surface area contributed by atoms with Gasteiger partial charge in [-0.2, -0.15) is 0 Å². The van der Waals surface area contributed by atoms with E-state index in [1.807, 2.05) is 28.8 Å². The lowest BCUT2D eigenvalue weighted by atomic mass is 9.95. The Morgan fingerprint density at radius 1 is 1.29 bits per heavy atom. The number of thioether (sulfide) groups is 1. The second-order valence-electron chi connectivity index (χ2n) is 7.91. The molecule has 4 rings (SSSR count). The summed E-state index contributed by atoms with van der Waals surface area (Å²) in [6.45, 7) is 6.41. The minimum atomic E-state index is -0.372. The van der Waals surface area contributed by atoms with Gasteiger partial charge in [-0.05, 0) is 50.3 Å². The number of fused-ring (bicyclic) bond motifs is 1. The first-order valence-electron chi connectivity index (χ1n) is 11.5. The number of esters is 1. The van der Waals surface area contributed by atoms with Gasteiger partial charge in [-0.25, -0.2) is 4.79 Å². The van der Waals surface area contributed by atoms with Gasteiger partial charge in [0.05, 0.1) is 25.0 Å². The van der Waals surface area contributed by atoms with Crippen LogP contribution >= 0.6 is 23.1 Å². The molecule has 1 aliphatic rings. The molecule has 0 saturated carbocycles. The average Bonchev–Trinajstić information content (AvgIpc) is 3.44. The van der Waals surface area contributed by atoms with Gasteiger partial charge in [0.1, 0.15) is 10.8 Å². The summed E-state index contributed by atoms with van der Waals surface area (Å²) in [7, 11) is 1.62. The van der Waals surface area contributed by atoms with E-state index in [0.29, 0.717) is 34.7 Å². The van der Waals surface area contributed by atoms with Gasteiger partial charge in [-0.1, -0.05) is 30.0 Å². The summed E-state index contributed by atoms with van der Waals surface area (Å²) in [5, 5.41) is 12.8. The molecule has 0 unspecified atom stereocenters. The van der Waals surface area contributed by atoms with Crippen molar-refractivity contribution in [3.05, 3.63) is 52.9 Å². The van der Waals surface area contributed by atoms with Crippen molar-refractivity contribution in [3.8, 4) is 17.1 Å². The molecule has 10 heteroatoms. The number of carbonyl (C=O) groups excluding carboxylic acids is 2. The number of nitrogens with one attached hydrogen (secondary N) is 1. The Hall–Kier alpha value is -3.11. The van der Waals surface area contributed by atoms with Gasteiger partial charge in [-0.15, -0.1) is 28.1 Å². The van der Waals surface area contributed by atoms with Crippen LogP contribution in [0.1, 0.15) is 40.6 Å². The number of anilines is 1. The Morgan fingerprint density at radius 3 is 2.89 bits per heavy atom. The molecule has 1 aliphatic carbocycles. The summed E-state index contributed by atoms with van der Waals surface area (Å²) in [5.41, 5.74) is 2.40. The first-order chi connectivity index (χ1) is 17.0. The number of methoxy groups -OCH3 is 1. The third-order valence-corrected chi connectivity index (χ3v) is 7.77. The van der Waals surface area contributed by atoms with Gasteiger partial charge < -0.3 is 14.8 Å². The standard InChI is InChI=1S/C25H28N4O4S2/c1-4-13-29-22(16-9-8-10-17(14-16)32-3)27-28-25(29)34-15-20(30)26-23-21(24(31)33-5-2)18-11-6-7-12-19(18)35-23/h4,8-10,14H,1,5-7,11-13,15H2,2-3H3,(H,26,30). The molecule has 0 fully saturated rings. The molecule has 0 radical (unpaired) electrons. The zero-order valence-corrected chi connectivity index (χ0v) is 21.5. The number of amides is 1. The molecule has 0 atom stereocenters. The lowest BCUT2D eigenvalue weighted by Crippen LogP contribution is -2.17. The summed E-state index contributed by atoms with van der Waals surface area (Å²) in [4.78, 5) is 26.7. The maximum absolute atomic E-state index is 12.9. The molecule has 1 amide bonds. The van der Waals surface area contributed by atoms with Crippen molar-refractivity contribution < 1.29 is 19.1 Å². The third kappa shape index (κ3) is 5.59.